The summed E-state index contributed by atoms with van der Waals surface area (Å²) in [7, 11) is 0. The third-order valence-electron chi connectivity index (χ3n) is 3.25. The highest BCUT2D eigenvalue weighted by Crippen LogP contribution is 2.33. The Hall–Kier alpha value is -0.960. The fourth-order valence-corrected chi connectivity index (χ4v) is 3.30. The van der Waals surface area contributed by atoms with Crippen molar-refractivity contribution in [3.63, 3.8) is 0 Å². The van der Waals surface area contributed by atoms with Gasteiger partial charge in [0, 0.05) is 20.9 Å². The molecule has 0 radical (unpaired) electrons. The molecule has 2 rings (SSSR count). The average molecular weight is 306 g/mol. The van der Waals surface area contributed by atoms with Crippen LogP contribution < -0.4 is 5.73 Å². The van der Waals surface area contributed by atoms with Crippen LogP contribution >= 0.6 is 23.4 Å². The Morgan fingerprint density at radius 1 is 1.20 bits per heavy atom. The molecule has 0 saturated heterocycles. The highest BCUT2D eigenvalue weighted by atomic mass is 35.5. The Balaban J connectivity index is 2.26. The molecular weight excluding hydrogens is 286 g/mol. The number of nitrogens with two attached hydrogens (primary N) is 1. The topological polar surface area (TPSA) is 26.0 Å². The van der Waals surface area contributed by atoms with E-state index < -0.39 is 0 Å². The second kappa shape index (κ2) is 7.16. The summed E-state index contributed by atoms with van der Waals surface area (Å²) >= 11 is 7.80. The van der Waals surface area contributed by atoms with Crippen molar-refractivity contribution in [2.45, 2.75) is 42.5 Å². The van der Waals surface area contributed by atoms with E-state index in [0.717, 1.165) is 22.8 Å². The first-order valence-electron chi connectivity index (χ1n) is 6.87. The van der Waals surface area contributed by atoms with Gasteiger partial charge in [0.2, 0.25) is 0 Å². The first-order valence-corrected chi connectivity index (χ1v) is 8.06. The van der Waals surface area contributed by atoms with Gasteiger partial charge in [0.05, 0.1) is 0 Å². The minimum absolute atomic E-state index is 0.218. The maximum atomic E-state index is 6.11. The molecule has 2 aromatic rings. The molecule has 0 aliphatic heterocycles. The zero-order chi connectivity index (χ0) is 14.5. The SMILES string of the molecule is CCC(N)Cc1cc(C)ccc1Sc1cccc(Cl)c1. The number of halogens is 1. The predicted molar refractivity (Wildman–Crippen MR) is 88.7 cm³/mol. The van der Waals surface area contributed by atoms with Gasteiger partial charge >= 0.3 is 0 Å². The van der Waals surface area contributed by atoms with Gasteiger partial charge in [-0.3, -0.25) is 0 Å². The molecule has 0 amide bonds. The highest BCUT2D eigenvalue weighted by molar-refractivity contribution is 7.99. The number of rotatable bonds is 5. The molecule has 0 aliphatic carbocycles. The zero-order valence-electron chi connectivity index (χ0n) is 11.9. The maximum absolute atomic E-state index is 6.11. The van der Waals surface area contributed by atoms with Gasteiger partial charge in [0.1, 0.15) is 0 Å². The van der Waals surface area contributed by atoms with Gasteiger partial charge in [0.25, 0.3) is 0 Å². The second-order valence-corrected chi connectivity index (χ2v) is 6.59. The molecule has 0 fully saturated rings. The molecule has 0 saturated carbocycles. The standard InChI is InChI=1S/C17H20ClNS/c1-3-15(19)10-13-9-12(2)7-8-17(13)20-16-6-4-5-14(18)11-16/h4-9,11,15H,3,10,19H2,1-2H3. The fraction of sp³-hybridized carbons (Fsp3) is 0.294. The van der Waals surface area contributed by atoms with Crippen molar-refractivity contribution in [1.29, 1.82) is 0 Å². The van der Waals surface area contributed by atoms with Gasteiger partial charge < -0.3 is 5.73 Å². The van der Waals surface area contributed by atoms with Crippen LogP contribution in [0.15, 0.2) is 52.3 Å². The molecule has 1 atom stereocenters. The maximum Gasteiger partial charge on any atom is 0.0417 e. The Kier molecular flexibility index (Phi) is 5.53. The van der Waals surface area contributed by atoms with E-state index in [1.165, 1.54) is 16.0 Å². The van der Waals surface area contributed by atoms with Gasteiger partial charge in [-0.25, -0.2) is 0 Å². The summed E-state index contributed by atoms with van der Waals surface area (Å²) in [4.78, 5) is 2.43. The molecule has 0 aliphatic rings. The van der Waals surface area contributed by atoms with E-state index in [9.17, 15) is 0 Å². The van der Waals surface area contributed by atoms with Crippen molar-refractivity contribution in [3.8, 4) is 0 Å². The zero-order valence-corrected chi connectivity index (χ0v) is 13.5. The van der Waals surface area contributed by atoms with Crippen LogP contribution in [0, 0.1) is 6.92 Å². The lowest BCUT2D eigenvalue weighted by atomic mass is 10.0. The fourth-order valence-electron chi connectivity index (χ4n) is 2.05. The van der Waals surface area contributed by atoms with Crippen molar-refractivity contribution >= 4 is 23.4 Å². The molecule has 1 unspecified atom stereocenters. The van der Waals surface area contributed by atoms with E-state index in [2.05, 4.69) is 38.1 Å². The van der Waals surface area contributed by atoms with Crippen LogP contribution in [0.25, 0.3) is 0 Å². The smallest absolute Gasteiger partial charge is 0.0417 e. The van der Waals surface area contributed by atoms with Crippen LogP contribution in [0.5, 0.6) is 0 Å². The molecule has 2 N–H and O–H groups in total. The molecule has 2 aromatic carbocycles. The number of aryl methyl sites for hydroxylation is 1. The molecule has 0 spiro atoms. The summed E-state index contributed by atoms with van der Waals surface area (Å²) in [6.45, 7) is 4.25. The molecule has 3 heteroatoms. The summed E-state index contributed by atoms with van der Waals surface area (Å²) in [6.07, 6.45) is 1.91. The van der Waals surface area contributed by atoms with Crippen LogP contribution in [0.4, 0.5) is 0 Å². The molecule has 0 bridgehead atoms. The van der Waals surface area contributed by atoms with E-state index in [4.69, 9.17) is 17.3 Å². The lowest BCUT2D eigenvalue weighted by Crippen LogP contribution is -2.21. The van der Waals surface area contributed by atoms with Gasteiger partial charge in [-0.1, -0.05) is 54.0 Å². The highest BCUT2D eigenvalue weighted by Gasteiger charge is 2.09. The lowest BCUT2D eigenvalue weighted by molar-refractivity contribution is 0.641. The normalized spacial score (nSPS) is 12.4. The largest absolute Gasteiger partial charge is 0.327 e. The van der Waals surface area contributed by atoms with E-state index in [-0.39, 0.29) is 6.04 Å². The quantitative estimate of drug-likeness (QED) is 0.833. The summed E-state index contributed by atoms with van der Waals surface area (Å²) in [5.74, 6) is 0. The van der Waals surface area contributed by atoms with E-state index >= 15 is 0 Å². The predicted octanol–water partition coefficient (Wildman–Crippen LogP) is 5.08. The minimum Gasteiger partial charge on any atom is -0.327 e. The first-order chi connectivity index (χ1) is 9.58. The minimum atomic E-state index is 0.218. The van der Waals surface area contributed by atoms with Crippen LogP contribution in [-0.2, 0) is 6.42 Å². The Morgan fingerprint density at radius 2 is 2.00 bits per heavy atom. The van der Waals surface area contributed by atoms with Crippen molar-refractivity contribution in [3.05, 3.63) is 58.6 Å². The van der Waals surface area contributed by atoms with Crippen LogP contribution in [0.1, 0.15) is 24.5 Å². The number of hydrogen-bond acceptors (Lipinski definition) is 2. The summed E-state index contributed by atoms with van der Waals surface area (Å²) < 4.78 is 0. The Labute approximate surface area is 130 Å². The molecule has 0 heterocycles. The van der Waals surface area contributed by atoms with E-state index in [1.54, 1.807) is 11.8 Å². The van der Waals surface area contributed by atoms with E-state index in [0.29, 0.717) is 0 Å². The third-order valence-corrected chi connectivity index (χ3v) is 4.59. The number of hydrogen-bond donors (Lipinski definition) is 1. The average Bonchev–Trinajstić information content (AvgIpc) is 2.42. The monoisotopic (exact) mass is 305 g/mol. The molecule has 1 nitrogen and oxygen atoms in total. The second-order valence-electron chi connectivity index (χ2n) is 5.04. The van der Waals surface area contributed by atoms with Crippen LogP contribution in [0.3, 0.4) is 0 Å². The number of benzene rings is 2. The molecule has 20 heavy (non-hydrogen) atoms. The van der Waals surface area contributed by atoms with Crippen molar-refractivity contribution < 1.29 is 0 Å². The summed E-state index contributed by atoms with van der Waals surface area (Å²) in [5.41, 5.74) is 8.71. The van der Waals surface area contributed by atoms with Crippen molar-refractivity contribution in [2.75, 3.05) is 0 Å². The van der Waals surface area contributed by atoms with E-state index in [1.807, 2.05) is 18.2 Å². The summed E-state index contributed by atoms with van der Waals surface area (Å²) in [6, 6.07) is 14.7. The van der Waals surface area contributed by atoms with Gasteiger partial charge in [-0.15, -0.1) is 0 Å². The molecule has 106 valence electrons. The van der Waals surface area contributed by atoms with Gasteiger partial charge in [-0.05, 0) is 49.6 Å². The molecule has 0 aromatic heterocycles. The Bertz CT molecular complexity index is 583. The molecular formula is C17H20ClNS. The summed E-state index contributed by atoms with van der Waals surface area (Å²) in [5, 5.41) is 0.772. The van der Waals surface area contributed by atoms with Crippen LogP contribution in [0.2, 0.25) is 5.02 Å². The van der Waals surface area contributed by atoms with Crippen LogP contribution in [-0.4, -0.2) is 6.04 Å². The first kappa shape index (κ1) is 15.4. The third kappa shape index (κ3) is 4.27. The van der Waals surface area contributed by atoms with Gasteiger partial charge in [-0.2, -0.15) is 0 Å². The lowest BCUT2D eigenvalue weighted by Gasteiger charge is -2.14. The van der Waals surface area contributed by atoms with Gasteiger partial charge in [0.15, 0.2) is 0 Å². The van der Waals surface area contributed by atoms with Crippen molar-refractivity contribution in [1.82, 2.24) is 0 Å². The van der Waals surface area contributed by atoms with Crippen molar-refractivity contribution in [2.24, 2.45) is 5.73 Å². The Morgan fingerprint density at radius 3 is 2.70 bits per heavy atom.